The Labute approximate surface area is 106 Å². The summed E-state index contributed by atoms with van der Waals surface area (Å²) in [6, 6.07) is 7.97. The Morgan fingerprint density at radius 2 is 2.28 bits per heavy atom. The summed E-state index contributed by atoms with van der Waals surface area (Å²) in [5.41, 5.74) is 2.00. The number of para-hydroxylation sites is 1. The summed E-state index contributed by atoms with van der Waals surface area (Å²) in [6.45, 7) is 4.73. The van der Waals surface area contributed by atoms with Crippen molar-refractivity contribution < 1.29 is 14.6 Å². The molecule has 1 aliphatic heterocycles. The Morgan fingerprint density at radius 1 is 1.50 bits per heavy atom. The largest absolute Gasteiger partial charge is 0.492 e. The first-order valence-corrected chi connectivity index (χ1v) is 5.98. The molecule has 0 bridgehead atoms. The van der Waals surface area contributed by atoms with Gasteiger partial charge in [-0.05, 0) is 13.0 Å². The normalized spacial score (nSPS) is 16.6. The molecule has 0 fully saturated rings. The summed E-state index contributed by atoms with van der Waals surface area (Å²) >= 11 is 0. The van der Waals surface area contributed by atoms with E-state index >= 15 is 0 Å². The van der Waals surface area contributed by atoms with Crippen LogP contribution in [-0.2, 0) is 11.3 Å². The number of hydrogen-bond acceptors (Lipinski definition) is 3. The van der Waals surface area contributed by atoms with E-state index in [1.807, 2.05) is 31.2 Å². The molecule has 0 spiro atoms. The van der Waals surface area contributed by atoms with Gasteiger partial charge in [0, 0.05) is 31.3 Å². The average Bonchev–Trinajstić information content (AvgIpc) is 2.49. The first kappa shape index (κ1) is 12.6. The predicted octanol–water partition coefficient (Wildman–Crippen LogP) is 1.91. The fourth-order valence-electron chi connectivity index (χ4n) is 2.12. The van der Waals surface area contributed by atoms with E-state index in [1.54, 1.807) is 0 Å². The molecular formula is C14H17NO3. The Kier molecular flexibility index (Phi) is 3.99. The fraction of sp³-hybridized carbons (Fsp3) is 0.357. The summed E-state index contributed by atoms with van der Waals surface area (Å²) < 4.78 is 5.66. The van der Waals surface area contributed by atoms with Crippen molar-refractivity contribution in [3.63, 3.8) is 0 Å². The lowest BCUT2D eigenvalue weighted by atomic mass is 10.2. The minimum absolute atomic E-state index is 0.636. The molecule has 0 amide bonds. The zero-order valence-corrected chi connectivity index (χ0v) is 10.4. The summed E-state index contributed by atoms with van der Waals surface area (Å²) in [6.07, 6.45) is 1.26. The molecule has 2 rings (SSSR count). The van der Waals surface area contributed by atoms with Gasteiger partial charge >= 0.3 is 5.97 Å². The van der Waals surface area contributed by atoms with Gasteiger partial charge in [-0.15, -0.1) is 0 Å². The quantitative estimate of drug-likeness (QED) is 0.829. The SMILES string of the molecule is CC(=CC(=O)O)CN1CCOc2ccccc2C1. The van der Waals surface area contributed by atoms with E-state index in [2.05, 4.69) is 4.90 Å². The molecule has 4 heteroatoms. The lowest BCUT2D eigenvalue weighted by molar-refractivity contribution is -0.131. The number of ether oxygens (including phenoxy) is 1. The lowest BCUT2D eigenvalue weighted by Gasteiger charge is -2.19. The van der Waals surface area contributed by atoms with Crippen molar-refractivity contribution >= 4 is 5.97 Å². The molecule has 1 heterocycles. The number of carbonyl (C=O) groups is 1. The van der Waals surface area contributed by atoms with E-state index in [4.69, 9.17) is 9.84 Å². The number of carboxylic acids is 1. The van der Waals surface area contributed by atoms with Crippen LogP contribution in [-0.4, -0.2) is 35.7 Å². The Balaban J connectivity index is 2.06. The van der Waals surface area contributed by atoms with Crippen molar-refractivity contribution in [3.8, 4) is 5.75 Å². The molecule has 1 N–H and O–H groups in total. The van der Waals surface area contributed by atoms with E-state index in [0.717, 1.165) is 30.0 Å². The van der Waals surface area contributed by atoms with Gasteiger partial charge in [0.15, 0.2) is 0 Å². The number of benzene rings is 1. The Hall–Kier alpha value is -1.81. The van der Waals surface area contributed by atoms with E-state index in [1.165, 1.54) is 6.08 Å². The molecule has 96 valence electrons. The van der Waals surface area contributed by atoms with E-state index < -0.39 is 5.97 Å². The monoisotopic (exact) mass is 247 g/mol. The molecule has 0 unspecified atom stereocenters. The number of rotatable bonds is 3. The highest BCUT2D eigenvalue weighted by molar-refractivity contribution is 5.80. The third-order valence-electron chi connectivity index (χ3n) is 2.87. The fourth-order valence-corrected chi connectivity index (χ4v) is 2.12. The molecule has 0 radical (unpaired) electrons. The summed E-state index contributed by atoms with van der Waals surface area (Å²) in [4.78, 5) is 12.8. The van der Waals surface area contributed by atoms with Gasteiger partial charge in [0.05, 0.1) is 0 Å². The van der Waals surface area contributed by atoms with Crippen molar-refractivity contribution in [2.24, 2.45) is 0 Å². The average molecular weight is 247 g/mol. The van der Waals surface area contributed by atoms with Crippen molar-refractivity contribution in [3.05, 3.63) is 41.5 Å². The van der Waals surface area contributed by atoms with Crippen LogP contribution >= 0.6 is 0 Å². The highest BCUT2D eigenvalue weighted by Crippen LogP contribution is 2.22. The third kappa shape index (κ3) is 3.34. The maximum atomic E-state index is 10.6. The molecule has 1 aromatic carbocycles. The van der Waals surface area contributed by atoms with Gasteiger partial charge in [-0.25, -0.2) is 4.79 Å². The topological polar surface area (TPSA) is 49.8 Å². The van der Waals surface area contributed by atoms with Crippen molar-refractivity contribution in [2.45, 2.75) is 13.5 Å². The number of fused-ring (bicyclic) bond motifs is 1. The standard InChI is InChI=1S/C14H17NO3/c1-11(8-14(16)17)9-15-6-7-18-13-5-3-2-4-12(13)10-15/h2-5,8H,6-7,9-10H2,1H3,(H,16,17). The minimum Gasteiger partial charge on any atom is -0.492 e. The molecule has 0 aliphatic carbocycles. The second kappa shape index (κ2) is 5.69. The number of aliphatic carboxylic acids is 1. The number of carboxylic acid groups (broad SMARTS) is 1. The van der Waals surface area contributed by atoms with Crippen LogP contribution < -0.4 is 4.74 Å². The molecule has 1 aliphatic rings. The summed E-state index contributed by atoms with van der Waals surface area (Å²) in [5.74, 6) is 0.0406. The number of nitrogens with zero attached hydrogens (tertiary/aromatic N) is 1. The Bertz CT molecular complexity index is 468. The van der Waals surface area contributed by atoms with Crippen LogP contribution in [0.2, 0.25) is 0 Å². The van der Waals surface area contributed by atoms with Crippen molar-refractivity contribution in [1.82, 2.24) is 4.90 Å². The lowest BCUT2D eigenvalue weighted by Crippen LogP contribution is -2.27. The van der Waals surface area contributed by atoms with Crippen LogP contribution in [0, 0.1) is 0 Å². The van der Waals surface area contributed by atoms with Crippen LogP contribution in [0.5, 0.6) is 5.75 Å². The zero-order chi connectivity index (χ0) is 13.0. The summed E-state index contributed by atoms with van der Waals surface area (Å²) in [5, 5.41) is 8.71. The smallest absolute Gasteiger partial charge is 0.328 e. The molecule has 0 aromatic heterocycles. The second-order valence-corrected chi connectivity index (χ2v) is 4.50. The van der Waals surface area contributed by atoms with E-state index in [0.29, 0.717) is 13.2 Å². The van der Waals surface area contributed by atoms with Gasteiger partial charge in [0.2, 0.25) is 0 Å². The van der Waals surface area contributed by atoms with Crippen molar-refractivity contribution in [1.29, 1.82) is 0 Å². The third-order valence-corrected chi connectivity index (χ3v) is 2.87. The first-order valence-electron chi connectivity index (χ1n) is 5.98. The first-order chi connectivity index (χ1) is 8.65. The van der Waals surface area contributed by atoms with Crippen LogP contribution in [0.4, 0.5) is 0 Å². The minimum atomic E-state index is -0.890. The van der Waals surface area contributed by atoms with Gasteiger partial charge in [-0.2, -0.15) is 0 Å². The molecule has 0 saturated carbocycles. The van der Waals surface area contributed by atoms with Crippen LogP contribution in [0.25, 0.3) is 0 Å². The van der Waals surface area contributed by atoms with E-state index in [-0.39, 0.29) is 0 Å². The molecule has 0 atom stereocenters. The van der Waals surface area contributed by atoms with Gasteiger partial charge < -0.3 is 9.84 Å². The predicted molar refractivity (Wildman–Crippen MR) is 68.6 cm³/mol. The zero-order valence-electron chi connectivity index (χ0n) is 10.4. The van der Waals surface area contributed by atoms with Gasteiger partial charge in [0.25, 0.3) is 0 Å². The molecule has 0 saturated heterocycles. The van der Waals surface area contributed by atoms with Gasteiger partial charge in [0.1, 0.15) is 12.4 Å². The van der Waals surface area contributed by atoms with Crippen molar-refractivity contribution in [2.75, 3.05) is 19.7 Å². The molecule has 4 nitrogen and oxygen atoms in total. The maximum absolute atomic E-state index is 10.6. The molecule has 18 heavy (non-hydrogen) atoms. The highest BCUT2D eigenvalue weighted by atomic mass is 16.5. The highest BCUT2D eigenvalue weighted by Gasteiger charge is 2.14. The van der Waals surface area contributed by atoms with Crippen LogP contribution in [0.3, 0.4) is 0 Å². The number of hydrogen-bond donors (Lipinski definition) is 1. The van der Waals surface area contributed by atoms with E-state index in [9.17, 15) is 4.79 Å². The second-order valence-electron chi connectivity index (χ2n) is 4.50. The van der Waals surface area contributed by atoms with Gasteiger partial charge in [-0.1, -0.05) is 23.8 Å². The molecule has 1 aromatic rings. The molecular weight excluding hydrogens is 230 g/mol. The maximum Gasteiger partial charge on any atom is 0.328 e. The Morgan fingerprint density at radius 3 is 3.06 bits per heavy atom. The summed E-state index contributed by atoms with van der Waals surface area (Å²) in [7, 11) is 0. The van der Waals surface area contributed by atoms with Crippen LogP contribution in [0.1, 0.15) is 12.5 Å². The van der Waals surface area contributed by atoms with Crippen LogP contribution in [0.15, 0.2) is 35.9 Å². The van der Waals surface area contributed by atoms with Gasteiger partial charge in [-0.3, -0.25) is 4.90 Å².